The Bertz CT molecular complexity index is 413. The number of thiophene rings is 1. The molecule has 0 aromatic carbocycles. The van der Waals surface area contributed by atoms with Crippen LogP contribution in [0.4, 0.5) is 5.69 Å². The molecule has 1 atom stereocenters. The van der Waals surface area contributed by atoms with E-state index in [9.17, 15) is 8.42 Å². The third kappa shape index (κ3) is 3.45. The molecule has 1 aromatic rings. The number of nitrogens with two attached hydrogens (primary N) is 1. The molecule has 0 radical (unpaired) electrons. The van der Waals surface area contributed by atoms with Gasteiger partial charge < -0.3 is 10.5 Å². The molecule has 7 heteroatoms. The van der Waals surface area contributed by atoms with Crippen LogP contribution in [0.5, 0.6) is 0 Å². The maximum Gasteiger partial charge on any atom is 0.250 e. The van der Waals surface area contributed by atoms with E-state index in [4.69, 9.17) is 10.5 Å². The zero-order chi connectivity index (χ0) is 11.5. The first kappa shape index (κ1) is 12.4. The zero-order valence-corrected chi connectivity index (χ0v) is 10.2. The molecule has 0 saturated carbocycles. The van der Waals surface area contributed by atoms with Crippen LogP contribution in [0.25, 0.3) is 0 Å². The second-order valence-corrected chi connectivity index (χ2v) is 6.00. The van der Waals surface area contributed by atoms with Gasteiger partial charge in [0.05, 0.1) is 6.10 Å². The summed E-state index contributed by atoms with van der Waals surface area (Å²) in [5.74, 6) is 0. The highest BCUT2D eigenvalue weighted by molar-refractivity contribution is 7.91. The Kier molecular flexibility index (Phi) is 4.09. The highest BCUT2D eigenvalue weighted by Crippen LogP contribution is 2.21. The standard InChI is InChI=1S/C8H14N2O3S2/c1-6(13-2)4-10-15(11,12)8-3-7(9)5-14-8/h3,5-6,10H,4,9H2,1-2H3. The second-order valence-electron chi connectivity index (χ2n) is 3.10. The van der Waals surface area contributed by atoms with Crippen molar-refractivity contribution in [3.8, 4) is 0 Å². The van der Waals surface area contributed by atoms with E-state index in [1.165, 1.54) is 13.2 Å². The fourth-order valence-electron chi connectivity index (χ4n) is 0.853. The number of anilines is 1. The molecule has 0 aliphatic carbocycles. The first-order chi connectivity index (χ1) is 6.95. The number of sulfonamides is 1. The fourth-order valence-corrected chi connectivity index (χ4v) is 3.09. The molecule has 0 fully saturated rings. The van der Waals surface area contributed by atoms with Gasteiger partial charge in [0, 0.05) is 24.7 Å². The van der Waals surface area contributed by atoms with Crippen molar-refractivity contribution in [1.29, 1.82) is 0 Å². The van der Waals surface area contributed by atoms with E-state index < -0.39 is 10.0 Å². The molecular weight excluding hydrogens is 236 g/mol. The highest BCUT2D eigenvalue weighted by Gasteiger charge is 2.16. The molecule has 86 valence electrons. The minimum Gasteiger partial charge on any atom is -0.398 e. The van der Waals surface area contributed by atoms with Crippen LogP contribution in [-0.4, -0.2) is 28.2 Å². The van der Waals surface area contributed by atoms with Gasteiger partial charge in [-0.25, -0.2) is 13.1 Å². The second kappa shape index (κ2) is 4.93. The molecule has 1 heterocycles. The lowest BCUT2D eigenvalue weighted by atomic mass is 10.4. The van der Waals surface area contributed by atoms with Gasteiger partial charge in [0.15, 0.2) is 0 Å². The predicted octanol–water partition coefficient (Wildman–Crippen LogP) is 0.644. The lowest BCUT2D eigenvalue weighted by Gasteiger charge is -2.09. The Morgan fingerprint density at radius 1 is 1.67 bits per heavy atom. The fraction of sp³-hybridized carbons (Fsp3) is 0.500. The van der Waals surface area contributed by atoms with Crippen LogP contribution in [-0.2, 0) is 14.8 Å². The van der Waals surface area contributed by atoms with Crippen LogP contribution in [0.3, 0.4) is 0 Å². The molecule has 5 nitrogen and oxygen atoms in total. The van der Waals surface area contributed by atoms with Gasteiger partial charge in [-0.3, -0.25) is 0 Å². The third-order valence-corrected chi connectivity index (χ3v) is 4.71. The summed E-state index contributed by atoms with van der Waals surface area (Å²) in [4.78, 5) is 0. The van der Waals surface area contributed by atoms with Crippen LogP contribution in [0, 0.1) is 0 Å². The Balaban J connectivity index is 2.68. The minimum atomic E-state index is -3.44. The summed E-state index contributed by atoms with van der Waals surface area (Å²) in [6.45, 7) is 2.03. The average Bonchev–Trinajstić information content (AvgIpc) is 2.62. The van der Waals surface area contributed by atoms with Crippen molar-refractivity contribution in [2.45, 2.75) is 17.2 Å². The average molecular weight is 250 g/mol. The normalized spacial score (nSPS) is 14.0. The molecule has 0 saturated heterocycles. The number of methoxy groups -OCH3 is 1. The number of hydrogen-bond donors (Lipinski definition) is 2. The van der Waals surface area contributed by atoms with Gasteiger partial charge in [0.2, 0.25) is 10.0 Å². The van der Waals surface area contributed by atoms with Crippen molar-refractivity contribution in [3.63, 3.8) is 0 Å². The van der Waals surface area contributed by atoms with Gasteiger partial charge in [0.25, 0.3) is 0 Å². The summed E-state index contributed by atoms with van der Waals surface area (Å²) in [5, 5.41) is 1.59. The molecular formula is C8H14N2O3S2. The van der Waals surface area contributed by atoms with Crippen molar-refractivity contribution in [1.82, 2.24) is 4.72 Å². The third-order valence-electron chi connectivity index (χ3n) is 1.82. The summed E-state index contributed by atoms with van der Waals surface area (Å²) in [6, 6.07) is 1.43. The highest BCUT2D eigenvalue weighted by atomic mass is 32.2. The largest absolute Gasteiger partial charge is 0.398 e. The van der Waals surface area contributed by atoms with Gasteiger partial charge in [-0.15, -0.1) is 11.3 Å². The van der Waals surface area contributed by atoms with Crippen LogP contribution in [0.15, 0.2) is 15.7 Å². The monoisotopic (exact) mass is 250 g/mol. The van der Waals surface area contributed by atoms with Crippen molar-refractivity contribution >= 4 is 27.0 Å². The molecule has 1 aromatic heterocycles. The summed E-state index contributed by atoms with van der Waals surface area (Å²) in [5.41, 5.74) is 5.91. The van der Waals surface area contributed by atoms with Crippen LogP contribution in [0.1, 0.15) is 6.92 Å². The van der Waals surface area contributed by atoms with E-state index in [-0.39, 0.29) is 16.9 Å². The van der Waals surface area contributed by atoms with E-state index >= 15 is 0 Å². The van der Waals surface area contributed by atoms with Crippen molar-refractivity contribution in [2.24, 2.45) is 0 Å². The SMILES string of the molecule is COC(C)CNS(=O)(=O)c1cc(N)cs1. The smallest absolute Gasteiger partial charge is 0.250 e. The molecule has 1 unspecified atom stereocenters. The quantitative estimate of drug-likeness (QED) is 0.803. The number of ether oxygens (including phenoxy) is 1. The lowest BCUT2D eigenvalue weighted by molar-refractivity contribution is 0.122. The molecule has 3 N–H and O–H groups in total. The van der Waals surface area contributed by atoms with E-state index in [1.54, 1.807) is 12.3 Å². The van der Waals surface area contributed by atoms with Crippen LogP contribution >= 0.6 is 11.3 Å². The molecule has 0 aliphatic heterocycles. The minimum absolute atomic E-state index is 0.155. The van der Waals surface area contributed by atoms with Crippen LogP contribution < -0.4 is 10.5 Å². The van der Waals surface area contributed by atoms with Gasteiger partial charge in [-0.2, -0.15) is 0 Å². The van der Waals surface area contributed by atoms with E-state index in [0.717, 1.165) is 11.3 Å². The van der Waals surface area contributed by atoms with Crippen molar-refractivity contribution < 1.29 is 13.2 Å². The number of nitrogen functional groups attached to an aromatic ring is 1. The van der Waals surface area contributed by atoms with Gasteiger partial charge in [0.1, 0.15) is 4.21 Å². The molecule has 0 bridgehead atoms. The number of nitrogens with one attached hydrogen (secondary N) is 1. The zero-order valence-electron chi connectivity index (χ0n) is 8.56. The first-order valence-electron chi connectivity index (χ1n) is 4.32. The summed E-state index contributed by atoms with van der Waals surface area (Å²) in [6.07, 6.45) is -0.155. The van der Waals surface area contributed by atoms with Crippen molar-refractivity contribution in [3.05, 3.63) is 11.4 Å². The number of hydrogen-bond acceptors (Lipinski definition) is 5. The van der Waals surface area contributed by atoms with Crippen LogP contribution in [0.2, 0.25) is 0 Å². The maximum absolute atomic E-state index is 11.7. The molecule has 0 aliphatic rings. The topological polar surface area (TPSA) is 81.4 Å². The summed E-state index contributed by atoms with van der Waals surface area (Å²) >= 11 is 1.10. The van der Waals surface area contributed by atoms with E-state index in [1.807, 2.05) is 0 Å². The molecule has 0 spiro atoms. The van der Waals surface area contributed by atoms with E-state index in [0.29, 0.717) is 5.69 Å². The molecule has 15 heavy (non-hydrogen) atoms. The Hall–Kier alpha value is -0.630. The summed E-state index contributed by atoms with van der Waals surface area (Å²) in [7, 11) is -1.91. The van der Waals surface area contributed by atoms with E-state index in [2.05, 4.69) is 4.72 Å². The first-order valence-corrected chi connectivity index (χ1v) is 6.68. The molecule has 1 rings (SSSR count). The lowest BCUT2D eigenvalue weighted by Crippen LogP contribution is -2.31. The number of rotatable bonds is 5. The summed E-state index contributed by atoms with van der Waals surface area (Å²) < 4.78 is 30.9. The van der Waals surface area contributed by atoms with Gasteiger partial charge in [-0.05, 0) is 13.0 Å². The van der Waals surface area contributed by atoms with Crippen molar-refractivity contribution in [2.75, 3.05) is 19.4 Å². The predicted molar refractivity (Wildman–Crippen MR) is 60.4 cm³/mol. The molecule has 0 amide bonds. The Morgan fingerprint density at radius 3 is 2.80 bits per heavy atom. The Labute approximate surface area is 93.3 Å². The maximum atomic E-state index is 11.7. The van der Waals surface area contributed by atoms with Gasteiger partial charge in [-0.1, -0.05) is 0 Å². The Morgan fingerprint density at radius 2 is 2.33 bits per heavy atom. The van der Waals surface area contributed by atoms with Gasteiger partial charge >= 0.3 is 0 Å².